The number of ether oxygens (including phenoxy) is 2. The van der Waals surface area contributed by atoms with Crippen LogP contribution >= 0.6 is 11.6 Å². The van der Waals surface area contributed by atoms with Gasteiger partial charge in [0.05, 0.1) is 5.92 Å². The molecular weight excluding hydrogens is 378 g/mol. The van der Waals surface area contributed by atoms with E-state index in [2.05, 4.69) is 28.0 Å². The molecule has 3 heterocycles. The zero-order valence-corrected chi connectivity index (χ0v) is 16.3. The second kappa shape index (κ2) is 7.11. The number of nitrogens with zero attached hydrogens (tertiary/aromatic N) is 3. The van der Waals surface area contributed by atoms with E-state index in [1.807, 2.05) is 30.3 Å². The van der Waals surface area contributed by atoms with Crippen molar-refractivity contribution in [2.45, 2.75) is 25.8 Å². The molecule has 0 bridgehead atoms. The van der Waals surface area contributed by atoms with E-state index in [1.54, 1.807) is 0 Å². The van der Waals surface area contributed by atoms with Gasteiger partial charge >= 0.3 is 0 Å². The van der Waals surface area contributed by atoms with Crippen molar-refractivity contribution in [2.75, 3.05) is 19.9 Å². The molecule has 1 saturated heterocycles. The highest BCUT2D eigenvalue weighted by molar-refractivity contribution is 6.31. The molecular formula is C21H20ClN3O3. The minimum atomic E-state index is 0.234. The quantitative estimate of drug-likeness (QED) is 0.649. The van der Waals surface area contributed by atoms with Crippen molar-refractivity contribution in [1.82, 2.24) is 15.0 Å². The second-order valence-electron chi connectivity index (χ2n) is 7.29. The van der Waals surface area contributed by atoms with E-state index >= 15 is 0 Å². The molecule has 28 heavy (non-hydrogen) atoms. The predicted molar refractivity (Wildman–Crippen MR) is 105 cm³/mol. The molecule has 144 valence electrons. The van der Waals surface area contributed by atoms with E-state index in [0.717, 1.165) is 48.5 Å². The molecule has 6 nitrogen and oxygen atoms in total. The van der Waals surface area contributed by atoms with E-state index in [1.165, 1.54) is 0 Å². The van der Waals surface area contributed by atoms with Crippen LogP contribution in [0.3, 0.4) is 0 Å². The Morgan fingerprint density at radius 1 is 1.18 bits per heavy atom. The first-order valence-corrected chi connectivity index (χ1v) is 9.75. The summed E-state index contributed by atoms with van der Waals surface area (Å²) >= 11 is 6.42. The van der Waals surface area contributed by atoms with E-state index in [0.29, 0.717) is 22.5 Å². The third-order valence-electron chi connectivity index (χ3n) is 5.38. The van der Waals surface area contributed by atoms with Gasteiger partial charge in [-0.1, -0.05) is 41.0 Å². The van der Waals surface area contributed by atoms with Crippen molar-refractivity contribution in [3.05, 3.63) is 58.4 Å². The molecule has 2 aromatic carbocycles. The Hall–Kier alpha value is -2.57. The summed E-state index contributed by atoms with van der Waals surface area (Å²) in [4.78, 5) is 7.02. The molecule has 1 aromatic heterocycles. The van der Waals surface area contributed by atoms with Gasteiger partial charge in [0, 0.05) is 29.7 Å². The largest absolute Gasteiger partial charge is 0.454 e. The third-order valence-corrected chi connectivity index (χ3v) is 5.74. The first-order chi connectivity index (χ1) is 13.7. The molecule has 0 aliphatic carbocycles. The van der Waals surface area contributed by atoms with Crippen LogP contribution in [0, 0.1) is 6.92 Å². The van der Waals surface area contributed by atoms with Crippen molar-refractivity contribution in [3.8, 4) is 22.9 Å². The Kier molecular flexibility index (Phi) is 4.45. The van der Waals surface area contributed by atoms with E-state index in [9.17, 15) is 0 Å². The number of rotatable bonds is 4. The van der Waals surface area contributed by atoms with Gasteiger partial charge in [-0.2, -0.15) is 4.98 Å². The standard InChI is InChI=1S/C21H20ClN3O3/c1-13-4-2-3-5-16(13)20-23-21(28-24-20)14-6-7-25(10-14)11-15-8-18-19(9-17(15)22)27-12-26-18/h2-5,8-9,14H,6-7,10-12H2,1H3/t14-/m1/s1. The molecule has 5 rings (SSSR count). The minimum absolute atomic E-state index is 0.234. The number of likely N-dealkylation sites (tertiary alicyclic amines) is 1. The summed E-state index contributed by atoms with van der Waals surface area (Å²) in [6.45, 7) is 4.88. The van der Waals surface area contributed by atoms with Gasteiger partial charge in [0.25, 0.3) is 0 Å². The molecule has 3 aromatic rings. The number of fused-ring (bicyclic) bond motifs is 1. The summed E-state index contributed by atoms with van der Waals surface area (Å²) in [5, 5.41) is 4.90. The highest BCUT2D eigenvalue weighted by Crippen LogP contribution is 2.38. The first kappa shape index (κ1) is 17.5. The average molecular weight is 398 g/mol. The first-order valence-electron chi connectivity index (χ1n) is 9.37. The lowest BCUT2D eigenvalue weighted by Gasteiger charge is -2.16. The van der Waals surface area contributed by atoms with Crippen LogP contribution in [-0.2, 0) is 6.54 Å². The summed E-state index contributed by atoms with van der Waals surface area (Å²) < 4.78 is 16.4. The smallest absolute Gasteiger partial charge is 0.231 e. The molecule has 1 atom stereocenters. The van der Waals surface area contributed by atoms with Gasteiger partial charge in [0.1, 0.15) is 0 Å². The van der Waals surface area contributed by atoms with Crippen LogP contribution in [0.2, 0.25) is 5.02 Å². The second-order valence-corrected chi connectivity index (χ2v) is 7.70. The highest BCUT2D eigenvalue weighted by atomic mass is 35.5. The monoisotopic (exact) mass is 397 g/mol. The molecule has 0 radical (unpaired) electrons. The average Bonchev–Trinajstić information content (AvgIpc) is 3.42. The van der Waals surface area contributed by atoms with Crippen molar-refractivity contribution >= 4 is 11.6 Å². The van der Waals surface area contributed by atoms with Gasteiger partial charge < -0.3 is 14.0 Å². The Morgan fingerprint density at radius 2 is 2.00 bits per heavy atom. The maximum atomic E-state index is 6.42. The van der Waals surface area contributed by atoms with Crippen LogP contribution in [0.4, 0.5) is 0 Å². The molecule has 0 amide bonds. The van der Waals surface area contributed by atoms with E-state index < -0.39 is 0 Å². The lowest BCUT2D eigenvalue weighted by Crippen LogP contribution is -2.20. The molecule has 2 aliphatic heterocycles. The number of halogens is 1. The molecule has 0 unspecified atom stereocenters. The molecule has 0 N–H and O–H groups in total. The van der Waals surface area contributed by atoms with Crippen molar-refractivity contribution in [2.24, 2.45) is 0 Å². The summed E-state index contributed by atoms with van der Waals surface area (Å²) in [5.41, 5.74) is 3.19. The predicted octanol–water partition coefficient (Wildman–Crippen LogP) is 4.42. The van der Waals surface area contributed by atoms with Crippen LogP contribution in [0.15, 0.2) is 40.9 Å². The Bertz CT molecular complexity index is 1020. The Balaban J connectivity index is 1.29. The van der Waals surface area contributed by atoms with Crippen molar-refractivity contribution in [1.29, 1.82) is 0 Å². The van der Waals surface area contributed by atoms with Gasteiger partial charge in [-0.25, -0.2) is 0 Å². The zero-order valence-electron chi connectivity index (χ0n) is 15.5. The normalized spacial score (nSPS) is 18.7. The minimum Gasteiger partial charge on any atom is -0.454 e. The van der Waals surface area contributed by atoms with Gasteiger partial charge in [-0.15, -0.1) is 0 Å². The SMILES string of the molecule is Cc1ccccc1-c1noc([C@@H]2CCN(Cc3cc4c(cc3Cl)OCO4)C2)n1. The molecule has 0 spiro atoms. The third kappa shape index (κ3) is 3.23. The van der Waals surface area contributed by atoms with Crippen molar-refractivity contribution < 1.29 is 14.0 Å². The maximum Gasteiger partial charge on any atom is 0.231 e. The van der Waals surface area contributed by atoms with E-state index in [-0.39, 0.29) is 12.7 Å². The zero-order chi connectivity index (χ0) is 19.1. The number of benzene rings is 2. The van der Waals surface area contributed by atoms with Crippen LogP contribution in [0.25, 0.3) is 11.4 Å². The van der Waals surface area contributed by atoms with Crippen molar-refractivity contribution in [3.63, 3.8) is 0 Å². The number of hydrogen-bond acceptors (Lipinski definition) is 6. The highest BCUT2D eigenvalue weighted by Gasteiger charge is 2.29. The molecule has 1 fully saturated rings. The lowest BCUT2D eigenvalue weighted by atomic mass is 10.1. The van der Waals surface area contributed by atoms with Crippen LogP contribution in [0.1, 0.15) is 29.4 Å². The molecule has 0 saturated carbocycles. The number of hydrogen-bond donors (Lipinski definition) is 0. The van der Waals surface area contributed by atoms with Crippen LogP contribution < -0.4 is 9.47 Å². The van der Waals surface area contributed by atoms with Crippen LogP contribution in [0.5, 0.6) is 11.5 Å². The maximum absolute atomic E-state index is 6.42. The molecule has 2 aliphatic rings. The fraction of sp³-hybridized carbons (Fsp3) is 0.333. The Morgan fingerprint density at radius 3 is 2.86 bits per heavy atom. The van der Waals surface area contributed by atoms with Gasteiger partial charge in [0.2, 0.25) is 18.5 Å². The number of aryl methyl sites for hydroxylation is 1. The van der Waals surface area contributed by atoms with Gasteiger partial charge in [0.15, 0.2) is 11.5 Å². The Labute approximate surface area is 168 Å². The molecule has 7 heteroatoms. The van der Waals surface area contributed by atoms with Crippen LogP contribution in [-0.4, -0.2) is 34.9 Å². The van der Waals surface area contributed by atoms with Gasteiger partial charge in [-0.3, -0.25) is 4.90 Å². The fourth-order valence-corrected chi connectivity index (χ4v) is 4.05. The summed E-state index contributed by atoms with van der Waals surface area (Å²) in [6, 6.07) is 11.9. The summed E-state index contributed by atoms with van der Waals surface area (Å²) in [5.74, 6) is 3.07. The summed E-state index contributed by atoms with van der Waals surface area (Å²) in [6.07, 6.45) is 0.984. The number of aromatic nitrogens is 2. The topological polar surface area (TPSA) is 60.6 Å². The van der Waals surface area contributed by atoms with E-state index in [4.69, 9.17) is 25.6 Å². The lowest BCUT2D eigenvalue weighted by molar-refractivity contribution is 0.174. The fourth-order valence-electron chi connectivity index (χ4n) is 3.83. The summed E-state index contributed by atoms with van der Waals surface area (Å²) in [7, 11) is 0. The van der Waals surface area contributed by atoms with Gasteiger partial charge in [-0.05, 0) is 37.1 Å².